The second kappa shape index (κ2) is 6.35. The van der Waals surface area contributed by atoms with E-state index in [4.69, 9.17) is 5.11 Å². The third-order valence-electron chi connectivity index (χ3n) is 0.885. The summed E-state index contributed by atoms with van der Waals surface area (Å²) >= 11 is 0. The molecule has 12 heavy (non-hydrogen) atoms. The molecule has 0 rings (SSSR count). The molecule has 0 aliphatic rings. The van der Waals surface area contributed by atoms with Crippen molar-refractivity contribution in [1.82, 2.24) is 0 Å². The Bertz CT molecular complexity index is 140. The quantitative estimate of drug-likeness (QED) is 0.327. The lowest BCUT2D eigenvalue weighted by Crippen LogP contribution is -2.10. The van der Waals surface area contributed by atoms with Gasteiger partial charge in [0.15, 0.2) is 0 Å². The lowest BCUT2D eigenvalue weighted by Gasteiger charge is -1.99. The predicted octanol–water partition coefficient (Wildman–Crippen LogP) is -0.314. The third kappa shape index (κ3) is 8.63. The number of aliphatic carboxylic acids is 1. The maximum Gasteiger partial charge on any atom is 0.305 e. The lowest BCUT2D eigenvalue weighted by molar-refractivity contribution is -0.758. The molecule has 0 saturated carbocycles. The molecule has 0 heterocycles. The Hall–Kier alpha value is -1.37. The van der Waals surface area contributed by atoms with Crippen molar-refractivity contribution in [3.8, 4) is 0 Å². The molecule has 0 radical (unpaired) electrons. The van der Waals surface area contributed by atoms with Crippen molar-refractivity contribution in [3.05, 3.63) is 10.1 Å². The Morgan fingerprint density at radius 1 is 1.42 bits per heavy atom. The molecular weight excluding hydrogens is 170 g/mol. The summed E-state index contributed by atoms with van der Waals surface area (Å²) in [6, 6.07) is 0. The third-order valence-corrected chi connectivity index (χ3v) is 0.885. The van der Waals surface area contributed by atoms with E-state index in [-0.39, 0.29) is 26.2 Å². The summed E-state index contributed by atoms with van der Waals surface area (Å²) in [7, 11) is 0. The van der Waals surface area contributed by atoms with Crippen LogP contribution in [0.4, 0.5) is 0 Å². The van der Waals surface area contributed by atoms with Gasteiger partial charge in [0.25, 0.3) is 5.09 Å². The van der Waals surface area contributed by atoms with E-state index in [1.54, 1.807) is 0 Å². The molecular formula is C5H9NO6. The number of hydrogen-bond donors (Lipinski definition) is 1. The summed E-state index contributed by atoms with van der Waals surface area (Å²) in [4.78, 5) is 23.4. The summed E-state index contributed by atoms with van der Waals surface area (Å²) in [6.07, 6.45) is -0.113. The average molecular weight is 179 g/mol. The van der Waals surface area contributed by atoms with Crippen LogP contribution in [0.3, 0.4) is 0 Å². The normalized spacial score (nSPS) is 9.33. The minimum atomic E-state index is -0.967. The second-order valence-corrected chi connectivity index (χ2v) is 1.81. The molecule has 0 amide bonds. The summed E-state index contributed by atoms with van der Waals surface area (Å²) in [6.45, 7) is -0.114. The van der Waals surface area contributed by atoms with Crippen molar-refractivity contribution in [2.75, 3.05) is 19.8 Å². The highest BCUT2D eigenvalue weighted by molar-refractivity contribution is 5.66. The Labute approximate surface area is 68.0 Å². The Kier molecular flexibility index (Phi) is 5.62. The van der Waals surface area contributed by atoms with Crippen molar-refractivity contribution >= 4 is 5.97 Å². The SMILES string of the molecule is O=C(O)CCOCCO[N+](=O)[O-]. The van der Waals surface area contributed by atoms with Crippen LogP contribution < -0.4 is 0 Å². The Balaban J connectivity index is 3.01. The maximum absolute atomic E-state index is 9.92. The Morgan fingerprint density at radius 3 is 2.58 bits per heavy atom. The fraction of sp³-hybridized carbons (Fsp3) is 0.800. The van der Waals surface area contributed by atoms with E-state index >= 15 is 0 Å². The molecule has 0 aliphatic heterocycles. The molecule has 0 atom stereocenters. The van der Waals surface area contributed by atoms with Gasteiger partial charge in [-0.3, -0.25) is 4.79 Å². The Morgan fingerprint density at radius 2 is 2.08 bits per heavy atom. The van der Waals surface area contributed by atoms with Crippen molar-refractivity contribution in [2.45, 2.75) is 6.42 Å². The number of carbonyl (C=O) groups is 1. The number of nitrogens with zero attached hydrogens (tertiary/aromatic N) is 1. The molecule has 7 heteroatoms. The monoisotopic (exact) mass is 179 g/mol. The first kappa shape index (κ1) is 10.6. The number of rotatable bonds is 7. The van der Waals surface area contributed by atoms with Crippen LogP contribution in [-0.4, -0.2) is 36.0 Å². The van der Waals surface area contributed by atoms with Gasteiger partial charge in [-0.15, -0.1) is 10.1 Å². The predicted molar refractivity (Wildman–Crippen MR) is 36.0 cm³/mol. The number of ether oxygens (including phenoxy) is 1. The fourth-order valence-electron chi connectivity index (χ4n) is 0.432. The molecule has 0 aromatic heterocycles. The van der Waals surface area contributed by atoms with Crippen LogP contribution in [-0.2, 0) is 14.4 Å². The molecule has 70 valence electrons. The molecule has 0 aliphatic carbocycles. The zero-order valence-electron chi connectivity index (χ0n) is 6.26. The molecule has 1 N–H and O–H groups in total. The van der Waals surface area contributed by atoms with Crippen molar-refractivity contribution in [2.24, 2.45) is 0 Å². The van der Waals surface area contributed by atoms with Crippen molar-refractivity contribution in [1.29, 1.82) is 0 Å². The molecule has 0 unspecified atom stereocenters. The van der Waals surface area contributed by atoms with E-state index in [0.717, 1.165) is 0 Å². The summed E-state index contributed by atoms with van der Waals surface area (Å²) in [5.74, 6) is -0.967. The molecule has 0 bridgehead atoms. The van der Waals surface area contributed by atoms with Gasteiger partial charge in [-0.25, -0.2) is 0 Å². The van der Waals surface area contributed by atoms with Crippen LogP contribution in [0.2, 0.25) is 0 Å². The highest BCUT2D eigenvalue weighted by Crippen LogP contribution is 1.83. The smallest absolute Gasteiger partial charge is 0.305 e. The highest BCUT2D eigenvalue weighted by Gasteiger charge is 1.97. The van der Waals surface area contributed by atoms with Crippen LogP contribution in [0.1, 0.15) is 6.42 Å². The largest absolute Gasteiger partial charge is 0.481 e. The molecule has 0 spiro atoms. The molecule has 0 aromatic carbocycles. The number of carboxylic acids is 1. The summed E-state index contributed by atoms with van der Waals surface area (Å²) < 4.78 is 4.68. The second-order valence-electron chi connectivity index (χ2n) is 1.81. The first-order chi connectivity index (χ1) is 5.63. The van der Waals surface area contributed by atoms with Crippen LogP contribution in [0.15, 0.2) is 0 Å². The first-order valence-electron chi connectivity index (χ1n) is 3.20. The van der Waals surface area contributed by atoms with E-state index in [2.05, 4.69) is 9.57 Å². The molecule has 0 fully saturated rings. The molecule has 0 aromatic rings. The minimum Gasteiger partial charge on any atom is -0.481 e. The van der Waals surface area contributed by atoms with E-state index in [1.807, 2.05) is 0 Å². The topological polar surface area (TPSA) is 98.9 Å². The zero-order valence-corrected chi connectivity index (χ0v) is 6.26. The van der Waals surface area contributed by atoms with Crippen LogP contribution in [0, 0.1) is 10.1 Å². The fourth-order valence-corrected chi connectivity index (χ4v) is 0.432. The van der Waals surface area contributed by atoms with Gasteiger partial charge in [-0.05, 0) is 0 Å². The van der Waals surface area contributed by atoms with Gasteiger partial charge in [0.2, 0.25) is 0 Å². The number of carboxylic acid groups (broad SMARTS) is 1. The number of hydrogen-bond acceptors (Lipinski definition) is 5. The van der Waals surface area contributed by atoms with E-state index in [0.29, 0.717) is 0 Å². The average Bonchev–Trinajstić information content (AvgIpc) is 1.95. The van der Waals surface area contributed by atoms with E-state index in [1.165, 1.54) is 0 Å². The van der Waals surface area contributed by atoms with E-state index < -0.39 is 11.1 Å². The standard InChI is InChI=1S/C5H9NO6/c7-5(8)1-2-11-3-4-12-6(9)10/h1-4H2,(H,7,8). The van der Waals surface area contributed by atoms with Gasteiger partial charge < -0.3 is 14.7 Å². The van der Waals surface area contributed by atoms with E-state index in [9.17, 15) is 14.9 Å². The molecule has 7 nitrogen and oxygen atoms in total. The van der Waals surface area contributed by atoms with Gasteiger partial charge in [-0.2, -0.15) is 0 Å². The van der Waals surface area contributed by atoms with Gasteiger partial charge in [-0.1, -0.05) is 0 Å². The van der Waals surface area contributed by atoms with Crippen LogP contribution in [0.25, 0.3) is 0 Å². The van der Waals surface area contributed by atoms with Crippen LogP contribution >= 0.6 is 0 Å². The van der Waals surface area contributed by atoms with Gasteiger partial charge in [0.1, 0.15) is 6.61 Å². The van der Waals surface area contributed by atoms with Gasteiger partial charge in [0.05, 0.1) is 19.6 Å². The first-order valence-corrected chi connectivity index (χ1v) is 3.20. The minimum absolute atomic E-state index is 0.0221. The zero-order chi connectivity index (χ0) is 9.40. The maximum atomic E-state index is 9.92. The molecule has 0 saturated heterocycles. The van der Waals surface area contributed by atoms with Gasteiger partial charge in [0, 0.05) is 0 Å². The van der Waals surface area contributed by atoms with Crippen LogP contribution in [0.5, 0.6) is 0 Å². The van der Waals surface area contributed by atoms with Gasteiger partial charge >= 0.3 is 5.97 Å². The summed E-state index contributed by atoms with van der Waals surface area (Å²) in [5.41, 5.74) is 0. The van der Waals surface area contributed by atoms with Crippen molar-refractivity contribution < 1.29 is 24.6 Å². The lowest BCUT2D eigenvalue weighted by atomic mass is 10.5. The summed E-state index contributed by atoms with van der Waals surface area (Å²) in [5, 5.41) is 16.8. The highest BCUT2D eigenvalue weighted by atomic mass is 17.0. The van der Waals surface area contributed by atoms with Crippen molar-refractivity contribution in [3.63, 3.8) is 0 Å².